The van der Waals surface area contributed by atoms with Gasteiger partial charge in [-0.2, -0.15) is 0 Å². The van der Waals surface area contributed by atoms with E-state index in [0.717, 1.165) is 0 Å². The van der Waals surface area contributed by atoms with Gasteiger partial charge in [0.25, 0.3) is 0 Å². The number of phosphoric acid groups is 1. The summed E-state index contributed by atoms with van der Waals surface area (Å²) in [7, 11) is -9.25. The van der Waals surface area contributed by atoms with E-state index >= 15 is 0 Å². The fourth-order valence-electron chi connectivity index (χ4n) is 0. The molecule has 0 bridgehead atoms. The summed E-state index contributed by atoms with van der Waals surface area (Å²) in [5, 5.41) is 0. The summed E-state index contributed by atoms with van der Waals surface area (Å²) in [6.45, 7) is 0. The van der Waals surface area contributed by atoms with Crippen LogP contribution in [0.2, 0.25) is 0 Å². The smallest absolute Gasteiger partial charge is 1.00 e. The fourth-order valence-corrected chi connectivity index (χ4v) is 0. The van der Waals surface area contributed by atoms with Gasteiger partial charge in [-0.15, -0.1) is 0 Å². The van der Waals surface area contributed by atoms with E-state index in [-0.39, 0.29) is 25.9 Å². The van der Waals surface area contributed by atoms with Gasteiger partial charge in [0.2, 0.25) is 0 Å². The van der Waals surface area contributed by atoms with Crippen LogP contribution < -0.4 is 0 Å². The minimum atomic E-state index is -4.64. The van der Waals surface area contributed by atoms with Crippen LogP contribution in [0, 0.1) is 0 Å². The second-order valence-electron chi connectivity index (χ2n) is 1.11. The molecule has 11 heteroatoms. The first-order valence-corrected chi connectivity index (χ1v) is 5.03. The normalized spacial score (nSPS) is 10.8. The van der Waals surface area contributed by atoms with Crippen molar-refractivity contribution in [1.29, 1.82) is 0 Å². The van der Waals surface area contributed by atoms with Gasteiger partial charge in [-0.3, -0.25) is 0 Å². The molecule has 0 aliphatic rings. The molecule has 0 saturated heterocycles. The molecule has 0 fully saturated rings. The minimum absolute atomic E-state index is 0. The Morgan fingerprint density at radius 2 is 1.00 bits per heavy atom. The summed E-state index contributed by atoms with van der Waals surface area (Å²) in [6.07, 6.45) is 0. The van der Waals surface area contributed by atoms with Crippen molar-refractivity contribution in [2.24, 2.45) is 0 Å². The summed E-state index contributed by atoms with van der Waals surface area (Å²) in [4.78, 5) is 50.9. The van der Waals surface area contributed by atoms with Crippen LogP contribution in [0.1, 0.15) is 2.85 Å². The maximum absolute atomic E-state index is 8.88. The molecule has 0 aromatic rings. The van der Waals surface area contributed by atoms with Gasteiger partial charge in [-0.1, -0.05) is 0 Å². The van der Waals surface area contributed by atoms with Crippen LogP contribution in [0.25, 0.3) is 0 Å². The Morgan fingerprint density at radius 1 is 1.00 bits per heavy atom. The molecule has 0 aromatic carbocycles. The molecule has 68 valence electrons. The molecule has 7 N–H and O–H groups in total. The van der Waals surface area contributed by atoms with Crippen LogP contribution in [0.15, 0.2) is 0 Å². The minimum Gasteiger partial charge on any atom is -1.00 e. The zero-order chi connectivity index (χ0) is 9.00. The molecule has 0 saturated carbocycles. The van der Waals surface area contributed by atoms with Gasteiger partial charge in [0.1, 0.15) is 0 Å². The van der Waals surface area contributed by atoms with Crippen molar-refractivity contribution in [1.82, 2.24) is 0 Å². The van der Waals surface area contributed by atoms with E-state index in [1.165, 1.54) is 0 Å². The summed E-state index contributed by atoms with van der Waals surface area (Å²) >= 11 is 0. The molecule has 0 spiro atoms. The molecule has 0 atom stereocenters. The first-order valence-electron chi connectivity index (χ1n) is 1.68. The SMILES string of the molecule is O=P(O)(O)O.O[Si](O)(O)O.[H-].[H-].[Mg+2]. The van der Waals surface area contributed by atoms with E-state index in [0.29, 0.717) is 0 Å². The predicted molar refractivity (Wildman–Crippen MR) is 36.9 cm³/mol. The van der Waals surface area contributed by atoms with E-state index in [4.69, 9.17) is 38.4 Å². The molecular formula is H9MgO8PSi. The fraction of sp³-hybridized carbons (Fsp3) is 0. The van der Waals surface area contributed by atoms with Crippen molar-refractivity contribution in [2.45, 2.75) is 0 Å². The zero-order valence-corrected chi connectivity index (χ0v) is 8.50. The van der Waals surface area contributed by atoms with Gasteiger partial charge in [0, 0.05) is 0 Å². The average molecular weight is 220 g/mol. The molecule has 8 nitrogen and oxygen atoms in total. The molecule has 0 rings (SSSR count). The van der Waals surface area contributed by atoms with Crippen molar-refractivity contribution in [3.8, 4) is 0 Å². The first kappa shape index (κ1) is 17.9. The first-order chi connectivity index (χ1) is 4.00. The monoisotopic (exact) mass is 220 g/mol. The van der Waals surface area contributed by atoms with E-state index in [2.05, 4.69) is 0 Å². The van der Waals surface area contributed by atoms with Crippen LogP contribution in [0.5, 0.6) is 0 Å². The Bertz CT molecular complexity index is 114. The van der Waals surface area contributed by atoms with Crippen molar-refractivity contribution in [3.63, 3.8) is 0 Å². The Hall–Kier alpha value is 0.933. The summed E-state index contributed by atoms with van der Waals surface area (Å²) in [5.74, 6) is 0. The summed E-state index contributed by atoms with van der Waals surface area (Å²) < 4.78 is 8.88. The molecular weight excluding hydrogens is 211 g/mol. The number of rotatable bonds is 0. The second-order valence-corrected chi connectivity index (χ2v) is 3.34. The van der Waals surface area contributed by atoms with Crippen molar-refractivity contribution < 1.29 is 41.3 Å². The van der Waals surface area contributed by atoms with E-state index < -0.39 is 16.9 Å². The summed E-state index contributed by atoms with van der Waals surface area (Å²) in [5.41, 5.74) is 0. The van der Waals surface area contributed by atoms with Gasteiger partial charge in [0.15, 0.2) is 0 Å². The zero-order valence-electron chi connectivity index (χ0n) is 7.19. The Morgan fingerprint density at radius 3 is 1.00 bits per heavy atom. The predicted octanol–water partition coefficient (Wildman–Crippen LogP) is -3.69. The average Bonchev–Trinajstić information content (AvgIpc) is 1.12. The molecule has 0 aliphatic heterocycles. The van der Waals surface area contributed by atoms with Crippen LogP contribution in [0.4, 0.5) is 0 Å². The molecule has 0 aliphatic carbocycles. The molecule has 0 heterocycles. The van der Waals surface area contributed by atoms with E-state index in [1.54, 1.807) is 0 Å². The largest absolute Gasteiger partial charge is 2.00 e. The van der Waals surface area contributed by atoms with E-state index in [1.807, 2.05) is 0 Å². The van der Waals surface area contributed by atoms with E-state index in [9.17, 15) is 0 Å². The molecule has 0 aromatic heterocycles. The molecule has 0 unspecified atom stereocenters. The topological polar surface area (TPSA) is 159 Å². The number of hydrogen-bond donors (Lipinski definition) is 7. The van der Waals surface area contributed by atoms with Gasteiger partial charge in [0.05, 0.1) is 0 Å². The Labute approximate surface area is 81.6 Å². The molecule has 0 amide bonds. The second kappa shape index (κ2) is 6.45. The van der Waals surface area contributed by atoms with Crippen LogP contribution in [-0.2, 0) is 4.57 Å². The van der Waals surface area contributed by atoms with Crippen molar-refractivity contribution in [3.05, 3.63) is 0 Å². The standard InChI is InChI=1S/Mg.H3O4P.H4O4Si.2H/c;2*1-5(2,3)4;;/h;(H3,1,2,3,4);1-4H;;/q+2;;;2*-1. The summed E-state index contributed by atoms with van der Waals surface area (Å²) in [6, 6.07) is 0. The van der Waals surface area contributed by atoms with Gasteiger partial charge in [-0.05, 0) is 0 Å². The van der Waals surface area contributed by atoms with Crippen LogP contribution >= 0.6 is 7.82 Å². The maximum Gasteiger partial charge on any atom is 2.00 e. The van der Waals surface area contributed by atoms with Gasteiger partial charge in [-0.25, -0.2) is 4.57 Å². The maximum atomic E-state index is 8.88. The van der Waals surface area contributed by atoms with Gasteiger partial charge < -0.3 is 36.7 Å². The third-order valence-corrected chi connectivity index (χ3v) is 0. The van der Waals surface area contributed by atoms with Crippen molar-refractivity contribution >= 4 is 39.9 Å². The molecule has 11 heavy (non-hydrogen) atoms. The van der Waals surface area contributed by atoms with Crippen molar-refractivity contribution in [2.75, 3.05) is 0 Å². The van der Waals surface area contributed by atoms with Crippen LogP contribution in [0.3, 0.4) is 0 Å². The van der Waals surface area contributed by atoms with Crippen LogP contribution in [-0.4, -0.2) is 66.0 Å². The molecule has 0 radical (unpaired) electrons. The quantitative estimate of drug-likeness (QED) is 0.162. The Balaban J connectivity index is -0.0000000267. The van der Waals surface area contributed by atoms with Gasteiger partial charge >= 0.3 is 39.9 Å². The Kier molecular flexibility index (Phi) is 10.5. The third-order valence-electron chi connectivity index (χ3n) is 0. The third kappa shape index (κ3) is 1000. The number of hydrogen-bond acceptors (Lipinski definition) is 5.